The van der Waals surface area contributed by atoms with Gasteiger partial charge < -0.3 is 9.13 Å². The van der Waals surface area contributed by atoms with Crippen LogP contribution in [0.4, 0.5) is 0 Å². The number of Topliss-reactive ketones (excluding diaryl/α,β-unsaturated/α-hetero) is 1. The van der Waals surface area contributed by atoms with Crippen molar-refractivity contribution in [2.24, 2.45) is 14.1 Å². The highest BCUT2D eigenvalue weighted by molar-refractivity contribution is 6.30. The van der Waals surface area contributed by atoms with Gasteiger partial charge in [0, 0.05) is 41.8 Å². The fourth-order valence-corrected chi connectivity index (χ4v) is 4.13. The van der Waals surface area contributed by atoms with Gasteiger partial charge in [-0.2, -0.15) is 0 Å². The molecule has 9 heteroatoms. The summed E-state index contributed by atoms with van der Waals surface area (Å²) < 4.78 is 5.85. The second-order valence-corrected chi connectivity index (χ2v) is 8.10. The highest BCUT2D eigenvalue weighted by Crippen LogP contribution is 2.26. The van der Waals surface area contributed by atoms with E-state index in [9.17, 15) is 14.4 Å². The van der Waals surface area contributed by atoms with Gasteiger partial charge in [0.15, 0.2) is 16.9 Å². The van der Waals surface area contributed by atoms with Gasteiger partial charge in [-0.25, -0.2) is 9.78 Å². The molecule has 0 aliphatic heterocycles. The Morgan fingerprint density at radius 1 is 1.06 bits per heavy atom. The second-order valence-electron chi connectivity index (χ2n) is 7.67. The molecule has 0 aliphatic rings. The minimum absolute atomic E-state index is 0.150. The molecule has 0 fully saturated rings. The SMILES string of the molecule is Cc1cc(C(=O)C(C)n2cnc3c2c(=O)n(C)c(=O)n3C)c(C)n1-c1ccc(Cl)cc1. The van der Waals surface area contributed by atoms with E-state index in [1.54, 1.807) is 26.1 Å². The summed E-state index contributed by atoms with van der Waals surface area (Å²) in [5.41, 5.74) is 2.68. The summed E-state index contributed by atoms with van der Waals surface area (Å²) in [5, 5.41) is 0.638. The fraction of sp³-hybridized carbons (Fsp3) is 0.273. The predicted octanol–water partition coefficient (Wildman–Crippen LogP) is 2.94. The normalized spacial score (nSPS) is 12.5. The van der Waals surface area contributed by atoms with E-state index in [1.165, 1.54) is 22.5 Å². The van der Waals surface area contributed by atoms with Crippen molar-refractivity contribution >= 4 is 28.5 Å². The smallest absolute Gasteiger partial charge is 0.318 e. The van der Waals surface area contributed by atoms with Gasteiger partial charge in [0.25, 0.3) is 5.56 Å². The van der Waals surface area contributed by atoms with E-state index in [-0.39, 0.29) is 16.9 Å². The maximum Gasteiger partial charge on any atom is 0.332 e. The summed E-state index contributed by atoms with van der Waals surface area (Å²) in [6, 6.07) is 8.56. The number of benzene rings is 1. The van der Waals surface area contributed by atoms with Gasteiger partial charge in [0.05, 0.1) is 12.4 Å². The lowest BCUT2D eigenvalue weighted by Crippen LogP contribution is -2.38. The van der Waals surface area contributed by atoms with E-state index in [0.717, 1.165) is 21.6 Å². The molecule has 3 aromatic heterocycles. The predicted molar refractivity (Wildman–Crippen MR) is 120 cm³/mol. The largest absolute Gasteiger partial charge is 0.332 e. The van der Waals surface area contributed by atoms with Crippen LogP contribution in [0.1, 0.15) is 34.7 Å². The molecule has 4 rings (SSSR count). The van der Waals surface area contributed by atoms with Crippen LogP contribution in [0.15, 0.2) is 46.2 Å². The Morgan fingerprint density at radius 3 is 2.35 bits per heavy atom. The molecule has 1 unspecified atom stereocenters. The third-order valence-corrected chi connectivity index (χ3v) is 6.00. The summed E-state index contributed by atoms with van der Waals surface area (Å²) >= 11 is 6.00. The zero-order valence-electron chi connectivity index (χ0n) is 17.9. The summed E-state index contributed by atoms with van der Waals surface area (Å²) in [7, 11) is 2.96. The van der Waals surface area contributed by atoms with E-state index in [0.29, 0.717) is 10.6 Å². The van der Waals surface area contributed by atoms with Gasteiger partial charge in [-0.3, -0.25) is 18.7 Å². The van der Waals surface area contributed by atoms with Gasteiger partial charge in [-0.05, 0) is 51.1 Å². The molecule has 31 heavy (non-hydrogen) atoms. The Kier molecular flexibility index (Phi) is 4.97. The van der Waals surface area contributed by atoms with Gasteiger partial charge in [-0.15, -0.1) is 0 Å². The Bertz CT molecular complexity index is 1450. The van der Waals surface area contributed by atoms with E-state index in [1.807, 2.05) is 36.6 Å². The molecule has 0 saturated carbocycles. The Labute approximate surface area is 182 Å². The molecule has 4 aromatic rings. The number of aryl methyl sites for hydroxylation is 2. The zero-order valence-corrected chi connectivity index (χ0v) is 18.6. The minimum Gasteiger partial charge on any atom is -0.318 e. The molecule has 0 saturated heterocycles. The quantitative estimate of drug-likeness (QED) is 0.458. The number of halogens is 1. The molecule has 8 nitrogen and oxygen atoms in total. The van der Waals surface area contributed by atoms with Crippen LogP contribution in [-0.2, 0) is 14.1 Å². The molecule has 1 atom stereocenters. The number of carbonyl (C=O) groups is 1. The van der Waals surface area contributed by atoms with Crippen molar-refractivity contribution in [3.8, 4) is 5.69 Å². The number of rotatable bonds is 4. The first kappa shape index (κ1) is 20.9. The maximum atomic E-state index is 13.4. The Balaban J connectivity index is 1.82. The summed E-state index contributed by atoms with van der Waals surface area (Å²) in [6.45, 7) is 5.54. The van der Waals surface area contributed by atoms with E-state index >= 15 is 0 Å². The van der Waals surface area contributed by atoms with Crippen molar-refractivity contribution in [1.82, 2.24) is 23.3 Å². The molecule has 1 aromatic carbocycles. The molecule has 0 amide bonds. The van der Waals surface area contributed by atoms with Crippen LogP contribution in [0.25, 0.3) is 16.9 Å². The van der Waals surface area contributed by atoms with Crippen LogP contribution in [0, 0.1) is 13.8 Å². The molecule has 0 bridgehead atoms. The van der Waals surface area contributed by atoms with Crippen molar-refractivity contribution < 1.29 is 4.79 Å². The first-order chi connectivity index (χ1) is 14.6. The number of imidazole rings is 1. The summed E-state index contributed by atoms with van der Waals surface area (Å²) in [5.74, 6) is -0.150. The number of ketones is 1. The van der Waals surface area contributed by atoms with Crippen LogP contribution in [-0.4, -0.2) is 29.0 Å². The number of aromatic nitrogens is 5. The van der Waals surface area contributed by atoms with Crippen molar-refractivity contribution in [3.05, 3.63) is 79.5 Å². The first-order valence-electron chi connectivity index (χ1n) is 9.75. The number of hydrogen-bond donors (Lipinski definition) is 0. The number of nitrogens with zero attached hydrogens (tertiary/aromatic N) is 5. The molecule has 0 N–H and O–H groups in total. The Hall–Kier alpha value is -3.39. The van der Waals surface area contributed by atoms with Crippen LogP contribution < -0.4 is 11.2 Å². The topological polar surface area (TPSA) is 83.8 Å². The molecule has 0 spiro atoms. The van der Waals surface area contributed by atoms with Crippen molar-refractivity contribution in [2.75, 3.05) is 0 Å². The summed E-state index contributed by atoms with van der Waals surface area (Å²) in [4.78, 5) is 42.6. The number of fused-ring (bicyclic) bond motifs is 1. The lowest BCUT2D eigenvalue weighted by atomic mass is 10.1. The fourth-order valence-electron chi connectivity index (χ4n) is 4.01. The highest BCUT2D eigenvalue weighted by Gasteiger charge is 2.26. The molecule has 3 heterocycles. The Morgan fingerprint density at radius 2 is 1.71 bits per heavy atom. The van der Waals surface area contributed by atoms with E-state index in [2.05, 4.69) is 4.98 Å². The van der Waals surface area contributed by atoms with Crippen LogP contribution in [0.3, 0.4) is 0 Å². The van der Waals surface area contributed by atoms with E-state index < -0.39 is 17.3 Å². The zero-order chi connectivity index (χ0) is 22.6. The van der Waals surface area contributed by atoms with Crippen molar-refractivity contribution in [2.45, 2.75) is 26.8 Å². The van der Waals surface area contributed by atoms with Gasteiger partial charge >= 0.3 is 5.69 Å². The van der Waals surface area contributed by atoms with Crippen LogP contribution >= 0.6 is 11.6 Å². The lowest BCUT2D eigenvalue weighted by molar-refractivity contribution is 0.0936. The molecule has 160 valence electrons. The average molecular weight is 440 g/mol. The lowest BCUT2D eigenvalue weighted by Gasteiger charge is -2.14. The standard InChI is InChI=1S/C22H22ClN5O3/c1-12-10-17(13(2)28(12)16-8-6-15(23)7-9-16)19(29)14(3)27-11-24-20-18(27)21(30)26(5)22(31)25(20)4/h6-11,14H,1-5H3. The monoisotopic (exact) mass is 439 g/mol. The second kappa shape index (κ2) is 7.39. The van der Waals surface area contributed by atoms with Crippen molar-refractivity contribution in [1.29, 1.82) is 0 Å². The third-order valence-electron chi connectivity index (χ3n) is 5.75. The molecule has 0 radical (unpaired) electrons. The molecular weight excluding hydrogens is 418 g/mol. The average Bonchev–Trinajstić information content (AvgIpc) is 3.32. The first-order valence-corrected chi connectivity index (χ1v) is 10.1. The van der Waals surface area contributed by atoms with Crippen LogP contribution in [0.5, 0.6) is 0 Å². The van der Waals surface area contributed by atoms with Crippen molar-refractivity contribution in [3.63, 3.8) is 0 Å². The van der Waals surface area contributed by atoms with Crippen LogP contribution in [0.2, 0.25) is 5.02 Å². The molecule has 0 aliphatic carbocycles. The van der Waals surface area contributed by atoms with Gasteiger partial charge in [-0.1, -0.05) is 11.6 Å². The number of carbonyl (C=O) groups excluding carboxylic acids is 1. The maximum absolute atomic E-state index is 13.4. The van der Waals surface area contributed by atoms with Gasteiger partial charge in [0.1, 0.15) is 0 Å². The summed E-state index contributed by atoms with van der Waals surface area (Å²) in [6.07, 6.45) is 1.44. The third kappa shape index (κ3) is 3.14. The highest BCUT2D eigenvalue weighted by atomic mass is 35.5. The van der Waals surface area contributed by atoms with E-state index in [4.69, 9.17) is 11.6 Å². The number of hydrogen-bond acceptors (Lipinski definition) is 4. The molecular formula is C22H22ClN5O3. The minimum atomic E-state index is -0.686. The van der Waals surface area contributed by atoms with Gasteiger partial charge in [0.2, 0.25) is 0 Å².